The molecule has 0 saturated carbocycles. The summed E-state index contributed by atoms with van der Waals surface area (Å²) in [6, 6.07) is 2.20. The molecule has 0 bridgehead atoms. The number of hydrogen-bond donors (Lipinski definition) is 3. The summed E-state index contributed by atoms with van der Waals surface area (Å²) in [6.07, 6.45) is 0. The van der Waals surface area contributed by atoms with Crippen molar-refractivity contribution in [1.82, 2.24) is 4.89 Å². The lowest BCUT2D eigenvalue weighted by molar-refractivity contribution is -0.123. The van der Waals surface area contributed by atoms with Crippen molar-refractivity contribution in [3.8, 4) is 0 Å². The van der Waals surface area contributed by atoms with E-state index in [1.54, 1.807) is 4.89 Å². The Labute approximate surface area is 119 Å². The molecule has 0 spiro atoms. The van der Waals surface area contributed by atoms with Gasteiger partial charge in [0.1, 0.15) is 6.61 Å². The van der Waals surface area contributed by atoms with Gasteiger partial charge in [-0.2, -0.15) is 0 Å². The minimum Gasteiger partial charge on any atom is -0.478 e. The number of aromatic carboxylic acids is 1. The molecule has 0 radical (unpaired) electrons. The molecular weight excluding hydrogens is 312 g/mol. The van der Waals surface area contributed by atoms with Gasteiger partial charge in [0.05, 0.1) is 10.5 Å². The van der Waals surface area contributed by atoms with Gasteiger partial charge in [-0.3, -0.25) is 9.63 Å². The molecule has 0 aliphatic heterocycles. The van der Waals surface area contributed by atoms with Crippen molar-refractivity contribution in [2.24, 2.45) is 5.73 Å². The SMILES string of the molecule is Cc1c(C(=O)O)cc(Cl)cc1S(=O)(=O)NOCC(N)=O. The third kappa shape index (κ3) is 3.90. The molecule has 1 amide bonds. The molecule has 4 N–H and O–H groups in total. The number of carbonyl (C=O) groups excluding carboxylic acids is 1. The summed E-state index contributed by atoms with van der Waals surface area (Å²) >= 11 is 5.69. The Morgan fingerprint density at radius 2 is 2.05 bits per heavy atom. The van der Waals surface area contributed by atoms with Crippen LogP contribution in [0.25, 0.3) is 0 Å². The Kier molecular flexibility index (Phi) is 5.06. The summed E-state index contributed by atoms with van der Waals surface area (Å²) in [5, 5.41) is 8.90. The van der Waals surface area contributed by atoms with Gasteiger partial charge in [-0.25, -0.2) is 13.2 Å². The van der Waals surface area contributed by atoms with Gasteiger partial charge in [0.25, 0.3) is 10.0 Å². The van der Waals surface area contributed by atoms with Crippen LogP contribution in [0.5, 0.6) is 0 Å². The van der Waals surface area contributed by atoms with E-state index in [1.165, 1.54) is 6.92 Å². The maximum atomic E-state index is 11.9. The van der Waals surface area contributed by atoms with Crippen LogP contribution >= 0.6 is 11.6 Å². The van der Waals surface area contributed by atoms with E-state index in [4.69, 9.17) is 22.4 Å². The topological polar surface area (TPSA) is 136 Å². The summed E-state index contributed by atoms with van der Waals surface area (Å²) in [5.41, 5.74) is 4.51. The minimum absolute atomic E-state index is 0.0166. The average molecular weight is 323 g/mol. The number of benzene rings is 1. The van der Waals surface area contributed by atoms with Crippen molar-refractivity contribution in [2.75, 3.05) is 6.61 Å². The van der Waals surface area contributed by atoms with Gasteiger partial charge in [-0.1, -0.05) is 16.5 Å². The number of carboxylic acid groups (broad SMARTS) is 1. The van der Waals surface area contributed by atoms with E-state index >= 15 is 0 Å². The van der Waals surface area contributed by atoms with Crippen LogP contribution < -0.4 is 10.6 Å². The third-order valence-electron chi connectivity index (χ3n) is 2.23. The normalized spacial score (nSPS) is 11.3. The van der Waals surface area contributed by atoms with Crippen LogP contribution in [-0.2, 0) is 19.7 Å². The van der Waals surface area contributed by atoms with Gasteiger partial charge in [-0.15, -0.1) is 0 Å². The lowest BCUT2D eigenvalue weighted by atomic mass is 10.1. The highest BCUT2D eigenvalue weighted by molar-refractivity contribution is 7.89. The van der Waals surface area contributed by atoms with E-state index in [9.17, 15) is 18.0 Å². The van der Waals surface area contributed by atoms with Crippen LogP contribution in [0.1, 0.15) is 15.9 Å². The molecule has 10 heteroatoms. The van der Waals surface area contributed by atoms with E-state index < -0.39 is 28.5 Å². The molecule has 0 aliphatic carbocycles. The molecule has 0 aliphatic rings. The molecule has 0 heterocycles. The van der Waals surface area contributed by atoms with Gasteiger partial charge in [-0.05, 0) is 24.6 Å². The Balaban J connectivity index is 3.18. The molecule has 110 valence electrons. The second-order valence-corrected chi connectivity index (χ2v) is 5.77. The number of carbonyl (C=O) groups is 2. The van der Waals surface area contributed by atoms with Gasteiger partial charge >= 0.3 is 5.97 Å². The second-order valence-electron chi connectivity index (χ2n) is 3.72. The van der Waals surface area contributed by atoms with Gasteiger partial charge in [0, 0.05) is 5.02 Å². The fourth-order valence-electron chi connectivity index (χ4n) is 1.38. The van der Waals surface area contributed by atoms with Crippen LogP contribution in [0.3, 0.4) is 0 Å². The first-order chi connectivity index (χ1) is 9.15. The summed E-state index contributed by atoms with van der Waals surface area (Å²) in [6.45, 7) is 0.646. The van der Waals surface area contributed by atoms with Crippen molar-refractivity contribution in [1.29, 1.82) is 0 Å². The maximum absolute atomic E-state index is 11.9. The van der Waals surface area contributed by atoms with E-state index in [2.05, 4.69) is 4.84 Å². The zero-order chi connectivity index (χ0) is 15.5. The van der Waals surface area contributed by atoms with Crippen molar-refractivity contribution >= 4 is 33.5 Å². The van der Waals surface area contributed by atoms with Crippen molar-refractivity contribution in [3.63, 3.8) is 0 Å². The summed E-state index contributed by atoms with van der Waals surface area (Å²) in [5.74, 6) is -2.19. The maximum Gasteiger partial charge on any atom is 0.336 e. The Hall–Kier alpha value is -1.68. The van der Waals surface area contributed by atoms with Crippen molar-refractivity contribution < 1.29 is 28.0 Å². The summed E-state index contributed by atoms with van der Waals surface area (Å²) in [4.78, 5) is 27.1. The molecule has 1 aromatic rings. The molecule has 1 rings (SSSR count). The van der Waals surface area contributed by atoms with Gasteiger partial charge in [0.15, 0.2) is 0 Å². The monoisotopic (exact) mass is 322 g/mol. The highest BCUT2D eigenvalue weighted by atomic mass is 35.5. The van der Waals surface area contributed by atoms with E-state index in [0.717, 1.165) is 12.1 Å². The van der Waals surface area contributed by atoms with Crippen LogP contribution in [0.4, 0.5) is 0 Å². The fraction of sp³-hybridized carbons (Fsp3) is 0.200. The summed E-state index contributed by atoms with van der Waals surface area (Å²) < 4.78 is 23.8. The molecule has 0 atom stereocenters. The third-order valence-corrected chi connectivity index (χ3v) is 3.79. The van der Waals surface area contributed by atoms with E-state index in [1.807, 2.05) is 0 Å². The largest absolute Gasteiger partial charge is 0.478 e. The quantitative estimate of drug-likeness (QED) is 0.633. The number of amides is 1. The number of rotatable bonds is 6. The number of carboxylic acids is 1. The number of primary amides is 1. The van der Waals surface area contributed by atoms with Crippen molar-refractivity contribution in [3.05, 3.63) is 28.3 Å². The molecule has 1 aromatic carbocycles. The summed E-state index contributed by atoms with van der Waals surface area (Å²) in [7, 11) is -4.19. The van der Waals surface area contributed by atoms with Crippen molar-refractivity contribution in [2.45, 2.75) is 11.8 Å². The number of nitrogens with two attached hydrogens (primary N) is 1. The molecule has 0 aromatic heterocycles. The van der Waals surface area contributed by atoms with Crippen LogP contribution in [-0.4, -0.2) is 32.0 Å². The first kappa shape index (κ1) is 16.4. The first-order valence-corrected chi connectivity index (χ1v) is 6.96. The average Bonchev–Trinajstić information content (AvgIpc) is 2.30. The minimum atomic E-state index is -4.19. The Morgan fingerprint density at radius 3 is 2.55 bits per heavy atom. The van der Waals surface area contributed by atoms with Gasteiger partial charge < -0.3 is 10.8 Å². The molecular formula is C10H11ClN2O6S. The highest BCUT2D eigenvalue weighted by Gasteiger charge is 2.22. The van der Waals surface area contributed by atoms with Crippen LogP contribution in [0.2, 0.25) is 5.02 Å². The molecule has 0 fully saturated rings. The standard InChI is InChI=1S/C10H11ClN2O6S/c1-5-7(10(15)16)2-6(11)3-8(5)20(17,18)13-19-4-9(12)14/h2-3,13H,4H2,1H3,(H2,12,14)(H,15,16). The number of halogens is 1. The number of sulfonamides is 1. The van der Waals surface area contributed by atoms with E-state index in [0.29, 0.717) is 0 Å². The molecule has 20 heavy (non-hydrogen) atoms. The van der Waals surface area contributed by atoms with Gasteiger partial charge in [0.2, 0.25) is 5.91 Å². The Morgan fingerprint density at radius 1 is 1.45 bits per heavy atom. The predicted octanol–water partition coefficient (Wildman–Crippen LogP) is 0.0418. The molecule has 0 saturated heterocycles. The van der Waals surface area contributed by atoms with E-state index in [-0.39, 0.29) is 21.0 Å². The number of hydrogen-bond acceptors (Lipinski definition) is 5. The van der Waals surface area contributed by atoms with Crippen LogP contribution in [0, 0.1) is 6.92 Å². The smallest absolute Gasteiger partial charge is 0.336 e. The lowest BCUT2D eigenvalue weighted by Crippen LogP contribution is -2.30. The Bertz CT molecular complexity index is 658. The fourth-order valence-corrected chi connectivity index (χ4v) is 2.76. The second kappa shape index (κ2) is 6.18. The zero-order valence-electron chi connectivity index (χ0n) is 10.2. The number of nitrogens with one attached hydrogen (secondary N) is 1. The molecule has 8 nitrogen and oxygen atoms in total. The van der Waals surface area contributed by atoms with Crippen LogP contribution in [0.15, 0.2) is 17.0 Å². The zero-order valence-corrected chi connectivity index (χ0v) is 11.8. The lowest BCUT2D eigenvalue weighted by Gasteiger charge is -2.11. The predicted molar refractivity (Wildman–Crippen MR) is 68.6 cm³/mol. The first-order valence-electron chi connectivity index (χ1n) is 5.10. The highest BCUT2D eigenvalue weighted by Crippen LogP contribution is 2.24. The molecule has 0 unspecified atom stereocenters.